The lowest BCUT2D eigenvalue weighted by Crippen LogP contribution is -2.36. The number of alkyl halides is 3. The first-order valence-corrected chi connectivity index (χ1v) is 11.1. The van der Waals surface area contributed by atoms with Gasteiger partial charge in [0.15, 0.2) is 27.0 Å². The van der Waals surface area contributed by atoms with Crippen LogP contribution in [0.5, 0.6) is 0 Å². The number of furan rings is 1. The van der Waals surface area contributed by atoms with Crippen molar-refractivity contribution in [1.29, 1.82) is 0 Å². The minimum atomic E-state index is -4.67. The first kappa shape index (κ1) is 24.5. The van der Waals surface area contributed by atoms with Crippen molar-refractivity contribution in [2.24, 2.45) is 23.5 Å². The molecule has 7 heteroatoms. The van der Waals surface area contributed by atoms with Crippen LogP contribution in [-0.2, 0) is 0 Å². The molecule has 1 aromatic carbocycles. The van der Waals surface area contributed by atoms with E-state index in [-0.39, 0.29) is 21.6 Å². The molecular weight excluding hydrogens is 410 g/mol. The van der Waals surface area contributed by atoms with Crippen LogP contribution in [0.25, 0.3) is 11.0 Å². The van der Waals surface area contributed by atoms with Gasteiger partial charge in [-0.15, -0.1) is 5.54 Å². The van der Waals surface area contributed by atoms with Crippen LogP contribution in [0.15, 0.2) is 16.5 Å². The average Bonchev–Trinajstić information content (AvgIpc) is 2.93. The molecular formula is C23H29F4NOSi. The normalized spacial score (nSPS) is 14.0. The summed E-state index contributed by atoms with van der Waals surface area (Å²) in [5, 5.41) is 0.300. The molecule has 2 N–H and O–H groups in total. The zero-order valence-corrected chi connectivity index (χ0v) is 19.5. The lowest BCUT2D eigenvalue weighted by atomic mass is 9.76. The van der Waals surface area contributed by atoms with E-state index < -0.39 is 23.8 Å². The van der Waals surface area contributed by atoms with Crippen molar-refractivity contribution < 1.29 is 22.0 Å². The van der Waals surface area contributed by atoms with E-state index >= 15 is 0 Å². The van der Waals surface area contributed by atoms with Crippen molar-refractivity contribution in [2.75, 3.05) is 0 Å². The molecule has 2 radical (unpaired) electrons. The summed E-state index contributed by atoms with van der Waals surface area (Å²) < 4.78 is 58.7. The molecule has 0 aliphatic carbocycles. The summed E-state index contributed by atoms with van der Waals surface area (Å²) >= 11 is 0. The lowest BCUT2D eigenvalue weighted by molar-refractivity contribution is -0.152. The summed E-state index contributed by atoms with van der Waals surface area (Å²) in [5.41, 5.74) is 8.86. The van der Waals surface area contributed by atoms with Gasteiger partial charge >= 0.3 is 6.18 Å². The van der Waals surface area contributed by atoms with Gasteiger partial charge in [0.05, 0.1) is 0 Å². The van der Waals surface area contributed by atoms with Crippen LogP contribution in [0.3, 0.4) is 0 Å². The summed E-state index contributed by atoms with van der Waals surface area (Å²) in [6.07, 6.45) is -4.67. The zero-order chi connectivity index (χ0) is 23.0. The molecule has 1 heterocycles. The first-order valence-electron chi connectivity index (χ1n) is 10.1. The first-order chi connectivity index (χ1) is 13.7. The fraction of sp³-hybridized carbons (Fsp3) is 0.565. The molecule has 0 saturated heterocycles. The van der Waals surface area contributed by atoms with Gasteiger partial charge in [-0.1, -0.05) is 47.5 Å². The minimum Gasteiger partial charge on any atom is -0.456 e. The molecule has 1 aromatic heterocycles. The summed E-state index contributed by atoms with van der Waals surface area (Å²) in [6.45, 7) is 14.6. The van der Waals surface area contributed by atoms with Crippen molar-refractivity contribution in [2.45, 2.75) is 65.7 Å². The number of aryl methyl sites for hydroxylation is 1. The highest BCUT2D eigenvalue weighted by Crippen LogP contribution is 2.49. The van der Waals surface area contributed by atoms with Crippen LogP contribution in [0.1, 0.15) is 64.5 Å². The standard InChI is InChI=1S/C23H29F4NOSi/c1-12(2)22(13(3)4,14(5)6)30-9-8-16-10-17-15(7)19(21(28)23(25,26)27)29-20(17)18(24)11-16/h10-14,21H,28H2,1-7H3. The third kappa shape index (κ3) is 4.45. The number of halogens is 4. The highest BCUT2D eigenvalue weighted by Gasteiger charge is 2.42. The maximum atomic E-state index is 14.6. The number of benzene rings is 1. The predicted octanol–water partition coefficient (Wildman–Crippen LogP) is 6.58. The van der Waals surface area contributed by atoms with Crippen LogP contribution >= 0.6 is 0 Å². The Labute approximate surface area is 178 Å². The maximum absolute atomic E-state index is 14.6. The smallest absolute Gasteiger partial charge is 0.410 e. The van der Waals surface area contributed by atoms with Gasteiger partial charge in [0.1, 0.15) is 5.76 Å². The van der Waals surface area contributed by atoms with Gasteiger partial charge in [0.2, 0.25) is 0 Å². The molecule has 164 valence electrons. The van der Waals surface area contributed by atoms with Gasteiger partial charge in [0, 0.05) is 16.5 Å². The van der Waals surface area contributed by atoms with Gasteiger partial charge in [-0.2, -0.15) is 13.2 Å². The SMILES string of the molecule is Cc1c(C(N)C(F)(F)F)oc2c(F)cc(C#C[Si]C(C(C)C)(C(C)C)C(C)C)cc12. The Morgan fingerprint density at radius 1 is 1.00 bits per heavy atom. The van der Waals surface area contributed by atoms with Crippen LogP contribution < -0.4 is 5.73 Å². The lowest BCUT2D eigenvalue weighted by Gasteiger charge is -2.43. The zero-order valence-electron chi connectivity index (χ0n) is 18.5. The molecule has 0 bridgehead atoms. The fourth-order valence-electron chi connectivity index (χ4n) is 4.46. The largest absolute Gasteiger partial charge is 0.456 e. The molecule has 30 heavy (non-hydrogen) atoms. The number of hydrogen-bond acceptors (Lipinski definition) is 2. The minimum absolute atomic E-state index is 0.0356. The average molecular weight is 440 g/mol. The molecule has 0 amide bonds. The van der Waals surface area contributed by atoms with Crippen LogP contribution in [0, 0.1) is 42.0 Å². The van der Waals surface area contributed by atoms with Crippen molar-refractivity contribution in [3.63, 3.8) is 0 Å². The number of rotatable bonds is 5. The summed E-state index contributed by atoms with van der Waals surface area (Å²) in [5.74, 6) is 3.08. The van der Waals surface area contributed by atoms with Crippen molar-refractivity contribution >= 4 is 20.5 Å². The second kappa shape index (κ2) is 8.76. The maximum Gasteiger partial charge on any atom is 0.410 e. The van der Waals surface area contributed by atoms with Gasteiger partial charge in [0.25, 0.3) is 0 Å². The molecule has 0 aliphatic heterocycles. The van der Waals surface area contributed by atoms with Gasteiger partial charge in [-0.05, 0) is 41.8 Å². The topological polar surface area (TPSA) is 39.2 Å². The summed E-state index contributed by atoms with van der Waals surface area (Å²) in [4.78, 5) is 0. The van der Waals surface area contributed by atoms with E-state index in [1.165, 1.54) is 13.0 Å². The number of hydrogen-bond donors (Lipinski definition) is 1. The Bertz CT molecular complexity index is 942. The van der Waals surface area contributed by atoms with E-state index in [1.54, 1.807) is 6.07 Å². The Hall–Kier alpha value is -1.78. The molecule has 0 saturated carbocycles. The van der Waals surface area contributed by atoms with Gasteiger partial charge < -0.3 is 10.2 Å². The Kier molecular flexibility index (Phi) is 7.15. The van der Waals surface area contributed by atoms with Crippen LogP contribution in [-0.4, -0.2) is 15.7 Å². The van der Waals surface area contributed by atoms with E-state index in [0.29, 0.717) is 32.8 Å². The molecule has 2 nitrogen and oxygen atoms in total. The number of fused-ring (bicyclic) bond motifs is 1. The Balaban J connectivity index is 2.47. The predicted molar refractivity (Wildman–Crippen MR) is 114 cm³/mol. The van der Waals surface area contributed by atoms with Crippen molar-refractivity contribution in [3.8, 4) is 11.5 Å². The van der Waals surface area contributed by atoms with E-state index in [0.717, 1.165) is 0 Å². The van der Waals surface area contributed by atoms with Crippen molar-refractivity contribution in [1.82, 2.24) is 0 Å². The Morgan fingerprint density at radius 2 is 1.53 bits per heavy atom. The molecule has 0 fully saturated rings. The third-order valence-corrected chi connectivity index (χ3v) is 8.43. The highest BCUT2D eigenvalue weighted by molar-refractivity contribution is 6.50. The quantitative estimate of drug-likeness (QED) is 0.325. The second-order valence-electron chi connectivity index (χ2n) is 8.72. The summed E-state index contributed by atoms with van der Waals surface area (Å²) in [7, 11) is 0.349. The van der Waals surface area contributed by atoms with E-state index in [9.17, 15) is 17.6 Å². The van der Waals surface area contributed by atoms with Crippen LogP contribution in [0.4, 0.5) is 17.6 Å². The molecule has 0 spiro atoms. The molecule has 2 rings (SSSR count). The van der Waals surface area contributed by atoms with Gasteiger partial charge in [-0.3, -0.25) is 0 Å². The second-order valence-corrected chi connectivity index (χ2v) is 10.1. The molecule has 0 aliphatic rings. The summed E-state index contributed by atoms with van der Waals surface area (Å²) in [6, 6.07) is 0.473. The highest BCUT2D eigenvalue weighted by atomic mass is 28.2. The monoisotopic (exact) mass is 439 g/mol. The van der Waals surface area contributed by atoms with Gasteiger partial charge in [-0.25, -0.2) is 4.39 Å². The van der Waals surface area contributed by atoms with E-state index in [2.05, 4.69) is 53.0 Å². The molecule has 1 unspecified atom stereocenters. The van der Waals surface area contributed by atoms with Crippen LogP contribution in [0.2, 0.25) is 5.04 Å². The molecule has 2 aromatic rings. The Morgan fingerprint density at radius 3 is 2.00 bits per heavy atom. The fourth-order valence-corrected chi connectivity index (χ4v) is 5.75. The third-order valence-electron chi connectivity index (χ3n) is 6.02. The molecule has 1 atom stereocenters. The van der Waals surface area contributed by atoms with E-state index in [4.69, 9.17) is 10.2 Å². The number of nitrogens with two attached hydrogens (primary N) is 1. The van der Waals surface area contributed by atoms with E-state index in [1.807, 2.05) is 0 Å². The van der Waals surface area contributed by atoms with Crippen molar-refractivity contribution in [3.05, 3.63) is 34.8 Å².